The van der Waals surface area contributed by atoms with Crippen LogP contribution in [-0.2, 0) is 17.8 Å². The van der Waals surface area contributed by atoms with Crippen LogP contribution in [0.5, 0.6) is 0 Å². The molecule has 0 radical (unpaired) electrons. The van der Waals surface area contributed by atoms with E-state index >= 15 is 0 Å². The van der Waals surface area contributed by atoms with Crippen molar-refractivity contribution in [3.05, 3.63) is 64.7 Å². The highest BCUT2D eigenvalue weighted by atomic mass is 16.4. The van der Waals surface area contributed by atoms with E-state index in [2.05, 4.69) is 66.9 Å². The topological polar surface area (TPSA) is 61.4 Å². The van der Waals surface area contributed by atoms with E-state index in [1.165, 1.54) is 79.3 Å². The van der Waals surface area contributed by atoms with Gasteiger partial charge in [-0.3, -0.25) is 10.1 Å². The second-order valence-electron chi connectivity index (χ2n) is 11.5. The molecular weight excluding hydrogens is 456 g/mol. The standard InChI is InChI=1S/C33H48N2O2/c1-3-5-6-7-8-9-10-11-24-12-21-31-29(22-24)23-34-32(35-31)27-17-13-25(14-18-27)30(4-2)26-15-19-28(20-16-26)33(36)37/h12-14,17-18,21-22,26,28,30,32,34-35H,3-11,15-16,19-20,23H2,1-2H3,(H,36,37). The summed E-state index contributed by atoms with van der Waals surface area (Å²) in [7, 11) is 0. The number of anilines is 1. The van der Waals surface area contributed by atoms with Gasteiger partial charge in [-0.2, -0.15) is 0 Å². The van der Waals surface area contributed by atoms with Crippen LogP contribution in [0, 0.1) is 11.8 Å². The monoisotopic (exact) mass is 504 g/mol. The van der Waals surface area contributed by atoms with Crippen LogP contribution >= 0.6 is 0 Å². The number of hydrogen-bond donors (Lipinski definition) is 3. The smallest absolute Gasteiger partial charge is 0.306 e. The van der Waals surface area contributed by atoms with Gasteiger partial charge in [0, 0.05) is 12.2 Å². The first-order valence-electron chi connectivity index (χ1n) is 15.0. The lowest BCUT2D eigenvalue weighted by Crippen LogP contribution is -2.32. The van der Waals surface area contributed by atoms with Gasteiger partial charge >= 0.3 is 5.97 Å². The van der Waals surface area contributed by atoms with Crippen molar-refractivity contribution < 1.29 is 9.90 Å². The van der Waals surface area contributed by atoms with Gasteiger partial charge in [0.05, 0.1) is 5.92 Å². The van der Waals surface area contributed by atoms with E-state index in [0.717, 1.165) is 38.6 Å². The fourth-order valence-electron chi connectivity index (χ4n) is 6.54. The first-order chi connectivity index (χ1) is 18.1. The molecule has 2 aromatic rings. The second kappa shape index (κ2) is 14.0. The molecule has 2 atom stereocenters. The van der Waals surface area contributed by atoms with Gasteiger partial charge in [0.2, 0.25) is 0 Å². The number of aliphatic carboxylic acids is 1. The summed E-state index contributed by atoms with van der Waals surface area (Å²) in [5, 5.41) is 16.7. The molecule has 3 N–H and O–H groups in total. The number of carboxylic acid groups (broad SMARTS) is 1. The number of hydrogen-bond acceptors (Lipinski definition) is 3. The van der Waals surface area contributed by atoms with E-state index in [9.17, 15) is 9.90 Å². The van der Waals surface area contributed by atoms with Crippen LogP contribution in [0.25, 0.3) is 0 Å². The zero-order chi connectivity index (χ0) is 26.0. The summed E-state index contributed by atoms with van der Waals surface area (Å²) in [5.74, 6) is 0.360. The Hall–Kier alpha value is -2.33. The molecule has 4 nitrogen and oxygen atoms in total. The average molecular weight is 505 g/mol. The fourth-order valence-corrected chi connectivity index (χ4v) is 6.54. The highest BCUT2D eigenvalue weighted by Gasteiger charge is 2.30. The Balaban J connectivity index is 1.28. The molecule has 4 heteroatoms. The van der Waals surface area contributed by atoms with Crippen molar-refractivity contribution in [2.45, 2.75) is 116 Å². The number of fused-ring (bicyclic) bond motifs is 1. The van der Waals surface area contributed by atoms with Crippen molar-refractivity contribution in [1.82, 2.24) is 5.32 Å². The maximum Gasteiger partial charge on any atom is 0.306 e. The Morgan fingerprint density at radius 1 is 0.919 bits per heavy atom. The molecule has 1 aliphatic heterocycles. The fraction of sp³-hybridized carbons (Fsp3) is 0.606. The average Bonchev–Trinajstić information content (AvgIpc) is 2.93. The van der Waals surface area contributed by atoms with Crippen molar-refractivity contribution >= 4 is 11.7 Å². The summed E-state index contributed by atoms with van der Waals surface area (Å²) in [5.41, 5.74) is 6.75. The van der Waals surface area contributed by atoms with E-state index in [4.69, 9.17) is 0 Å². The van der Waals surface area contributed by atoms with Gasteiger partial charge in [0.15, 0.2) is 0 Å². The molecule has 0 aromatic heterocycles. The summed E-state index contributed by atoms with van der Waals surface area (Å²) in [6.45, 7) is 5.44. The molecule has 0 bridgehead atoms. The van der Waals surface area contributed by atoms with Crippen LogP contribution in [0.2, 0.25) is 0 Å². The molecule has 202 valence electrons. The first-order valence-corrected chi connectivity index (χ1v) is 15.0. The Morgan fingerprint density at radius 2 is 1.62 bits per heavy atom. The van der Waals surface area contributed by atoms with Crippen molar-refractivity contribution in [1.29, 1.82) is 0 Å². The zero-order valence-corrected chi connectivity index (χ0v) is 23.1. The lowest BCUT2D eigenvalue weighted by molar-refractivity contribution is -0.143. The van der Waals surface area contributed by atoms with Crippen LogP contribution < -0.4 is 10.6 Å². The van der Waals surface area contributed by atoms with E-state index in [-0.39, 0.29) is 12.1 Å². The third-order valence-electron chi connectivity index (χ3n) is 8.86. The molecule has 1 fully saturated rings. The number of rotatable bonds is 13. The molecule has 0 spiro atoms. The van der Waals surface area contributed by atoms with E-state index in [1.807, 2.05) is 0 Å². The number of carbonyl (C=O) groups is 1. The molecule has 2 aliphatic rings. The molecule has 0 amide bonds. The summed E-state index contributed by atoms with van der Waals surface area (Å²) >= 11 is 0. The highest BCUT2D eigenvalue weighted by molar-refractivity contribution is 5.70. The van der Waals surface area contributed by atoms with Crippen LogP contribution in [-0.4, -0.2) is 11.1 Å². The van der Waals surface area contributed by atoms with Gasteiger partial charge in [0.25, 0.3) is 0 Å². The number of unbranched alkanes of at least 4 members (excludes halogenated alkanes) is 6. The van der Waals surface area contributed by atoms with Crippen molar-refractivity contribution in [2.24, 2.45) is 11.8 Å². The van der Waals surface area contributed by atoms with Gasteiger partial charge in [-0.25, -0.2) is 0 Å². The van der Waals surface area contributed by atoms with E-state index in [1.54, 1.807) is 0 Å². The van der Waals surface area contributed by atoms with E-state index < -0.39 is 5.97 Å². The zero-order valence-electron chi connectivity index (χ0n) is 23.1. The Kier molecular flexibility index (Phi) is 10.5. The van der Waals surface area contributed by atoms with Crippen LogP contribution in [0.3, 0.4) is 0 Å². The first kappa shape index (κ1) is 27.7. The molecule has 1 saturated carbocycles. The number of benzene rings is 2. The normalized spacial score (nSPS) is 22.2. The molecule has 37 heavy (non-hydrogen) atoms. The molecule has 4 rings (SSSR count). The van der Waals surface area contributed by atoms with Crippen molar-refractivity contribution in [3.8, 4) is 0 Å². The number of aryl methyl sites for hydroxylation is 1. The van der Waals surface area contributed by atoms with Crippen LogP contribution in [0.1, 0.15) is 125 Å². The maximum absolute atomic E-state index is 11.3. The maximum atomic E-state index is 11.3. The predicted molar refractivity (Wildman–Crippen MR) is 154 cm³/mol. The van der Waals surface area contributed by atoms with Crippen LogP contribution in [0.15, 0.2) is 42.5 Å². The summed E-state index contributed by atoms with van der Waals surface area (Å²) < 4.78 is 0. The van der Waals surface area contributed by atoms with Crippen molar-refractivity contribution in [2.75, 3.05) is 5.32 Å². The SMILES string of the molecule is CCCCCCCCCc1ccc2c(c1)CNC(c1ccc(C(CC)C3CCC(C(=O)O)CC3)cc1)N2. The van der Waals surface area contributed by atoms with Crippen LogP contribution in [0.4, 0.5) is 5.69 Å². The Labute approximate surface area is 224 Å². The minimum Gasteiger partial charge on any atom is -0.481 e. The summed E-state index contributed by atoms with van der Waals surface area (Å²) in [6, 6.07) is 16.1. The Bertz CT molecular complexity index is 978. The minimum absolute atomic E-state index is 0.126. The van der Waals surface area contributed by atoms with Gasteiger partial charge in [-0.15, -0.1) is 0 Å². The number of nitrogens with one attached hydrogen (secondary N) is 2. The van der Waals surface area contributed by atoms with Gasteiger partial charge in [-0.1, -0.05) is 88.8 Å². The largest absolute Gasteiger partial charge is 0.481 e. The molecule has 2 unspecified atom stereocenters. The molecule has 1 heterocycles. The lowest BCUT2D eigenvalue weighted by atomic mass is 9.72. The van der Waals surface area contributed by atoms with Gasteiger partial charge < -0.3 is 10.4 Å². The minimum atomic E-state index is -0.616. The van der Waals surface area contributed by atoms with Crippen molar-refractivity contribution in [3.63, 3.8) is 0 Å². The molecule has 0 saturated heterocycles. The highest BCUT2D eigenvalue weighted by Crippen LogP contribution is 2.40. The summed E-state index contributed by atoms with van der Waals surface area (Å²) in [6.07, 6.45) is 15.6. The second-order valence-corrected chi connectivity index (χ2v) is 11.5. The quantitative estimate of drug-likeness (QED) is 0.239. The van der Waals surface area contributed by atoms with Gasteiger partial charge in [0.1, 0.15) is 6.17 Å². The third kappa shape index (κ3) is 7.60. The number of carboxylic acids is 1. The molecular formula is C33H48N2O2. The molecule has 1 aliphatic carbocycles. The lowest BCUT2D eigenvalue weighted by Gasteiger charge is -2.33. The molecule has 2 aromatic carbocycles. The van der Waals surface area contributed by atoms with Gasteiger partial charge in [-0.05, 0) is 85.1 Å². The Morgan fingerprint density at radius 3 is 2.30 bits per heavy atom. The summed E-state index contributed by atoms with van der Waals surface area (Å²) in [4.78, 5) is 11.3. The van der Waals surface area contributed by atoms with E-state index in [0.29, 0.717) is 11.8 Å². The third-order valence-corrected chi connectivity index (χ3v) is 8.86. The predicted octanol–water partition coefficient (Wildman–Crippen LogP) is 8.58.